The Bertz CT molecular complexity index is 1010. The van der Waals surface area contributed by atoms with Gasteiger partial charge in [-0.1, -0.05) is 277 Å². The van der Waals surface area contributed by atoms with Crippen molar-refractivity contribution in [2.45, 2.75) is 335 Å². The van der Waals surface area contributed by atoms with Crippen LogP contribution in [-0.4, -0.2) is 37.2 Å². The summed E-state index contributed by atoms with van der Waals surface area (Å²) in [6.07, 6.45) is 62.0. The molecule has 384 valence electrons. The summed E-state index contributed by atoms with van der Waals surface area (Å²) in [6.45, 7) is 6.69. The molecule has 0 saturated heterocycles. The number of esters is 3. The maximum atomic E-state index is 12.8. The summed E-state index contributed by atoms with van der Waals surface area (Å²) in [5.41, 5.74) is 0. The molecule has 6 nitrogen and oxygen atoms in total. The van der Waals surface area contributed by atoms with Crippen molar-refractivity contribution in [3.8, 4) is 0 Å². The number of allylic oxidation sites excluding steroid dienone is 2. The highest BCUT2D eigenvalue weighted by atomic mass is 16.6. The molecule has 0 heterocycles. The molecule has 0 unspecified atom stereocenters. The molecule has 0 aliphatic heterocycles. The SMILES string of the molecule is CCCCCCCC/C=C\CCCCCCCCCCCC(=O)OC[C@H](COC(=O)CCCCCCCCCCCCCCC)OC(=O)CCCCCCCCCCCCCCCCC. The number of rotatable bonds is 54. The molecule has 0 aromatic rings. The average molecular weight is 918 g/mol. The predicted molar refractivity (Wildman–Crippen MR) is 280 cm³/mol. The highest BCUT2D eigenvalue weighted by Gasteiger charge is 2.19. The lowest BCUT2D eigenvalue weighted by Gasteiger charge is -2.18. The van der Waals surface area contributed by atoms with Gasteiger partial charge in [-0.2, -0.15) is 0 Å². The highest BCUT2D eigenvalue weighted by Crippen LogP contribution is 2.17. The standard InChI is InChI=1S/C59H112O6/c1-4-7-10-13-16-19-22-25-27-28-29-30-32-34-37-40-43-46-49-52-58(61)64-55-56(54-63-57(60)51-48-45-42-39-36-33-24-21-18-15-12-9-6-3)65-59(62)53-50-47-44-41-38-35-31-26-23-20-17-14-11-8-5-2/h25,27,56H,4-24,26,28-55H2,1-3H3/b27-25-/t56-/m0/s1. The minimum absolute atomic E-state index is 0.0644. The van der Waals surface area contributed by atoms with Gasteiger partial charge in [0.25, 0.3) is 0 Å². The first-order valence-corrected chi connectivity index (χ1v) is 29.2. The largest absolute Gasteiger partial charge is 0.462 e. The fraction of sp³-hybridized carbons (Fsp3) is 0.915. The summed E-state index contributed by atoms with van der Waals surface area (Å²) in [7, 11) is 0. The molecule has 0 bridgehead atoms. The van der Waals surface area contributed by atoms with E-state index in [0.29, 0.717) is 19.3 Å². The van der Waals surface area contributed by atoms with E-state index in [1.54, 1.807) is 0 Å². The monoisotopic (exact) mass is 917 g/mol. The number of hydrogen-bond donors (Lipinski definition) is 0. The van der Waals surface area contributed by atoms with E-state index in [-0.39, 0.29) is 31.1 Å². The van der Waals surface area contributed by atoms with Crippen LogP contribution >= 0.6 is 0 Å². The van der Waals surface area contributed by atoms with Gasteiger partial charge in [-0.15, -0.1) is 0 Å². The normalized spacial score (nSPS) is 12.0. The van der Waals surface area contributed by atoms with E-state index < -0.39 is 6.10 Å². The van der Waals surface area contributed by atoms with Gasteiger partial charge in [-0.25, -0.2) is 0 Å². The van der Waals surface area contributed by atoms with Crippen molar-refractivity contribution in [1.82, 2.24) is 0 Å². The molecular formula is C59H112O6. The lowest BCUT2D eigenvalue weighted by Crippen LogP contribution is -2.30. The van der Waals surface area contributed by atoms with Crippen LogP contribution in [0.5, 0.6) is 0 Å². The molecule has 0 rings (SSSR count). The Morgan fingerprint density at radius 2 is 0.508 bits per heavy atom. The molecule has 65 heavy (non-hydrogen) atoms. The van der Waals surface area contributed by atoms with Crippen LogP contribution in [0, 0.1) is 0 Å². The zero-order valence-corrected chi connectivity index (χ0v) is 44.0. The van der Waals surface area contributed by atoms with Crippen molar-refractivity contribution in [2.75, 3.05) is 13.2 Å². The van der Waals surface area contributed by atoms with E-state index in [2.05, 4.69) is 32.9 Å². The zero-order valence-electron chi connectivity index (χ0n) is 44.0. The van der Waals surface area contributed by atoms with Gasteiger partial charge in [0.15, 0.2) is 6.10 Å². The zero-order chi connectivity index (χ0) is 47.2. The number of carbonyl (C=O) groups is 3. The summed E-state index contributed by atoms with van der Waals surface area (Å²) < 4.78 is 16.9. The Hall–Kier alpha value is -1.85. The van der Waals surface area contributed by atoms with Crippen LogP contribution in [0.25, 0.3) is 0 Å². The van der Waals surface area contributed by atoms with Crippen molar-refractivity contribution in [2.24, 2.45) is 0 Å². The molecule has 0 saturated carbocycles. The first kappa shape index (κ1) is 63.1. The molecule has 0 aliphatic rings. The van der Waals surface area contributed by atoms with E-state index in [4.69, 9.17) is 14.2 Å². The van der Waals surface area contributed by atoms with E-state index in [1.807, 2.05) is 0 Å². The summed E-state index contributed by atoms with van der Waals surface area (Å²) in [5, 5.41) is 0. The van der Waals surface area contributed by atoms with Crippen LogP contribution in [0.2, 0.25) is 0 Å². The van der Waals surface area contributed by atoms with Gasteiger partial charge in [0.05, 0.1) is 0 Å². The van der Waals surface area contributed by atoms with Gasteiger partial charge in [0, 0.05) is 19.3 Å². The summed E-state index contributed by atoms with van der Waals surface area (Å²) in [4.78, 5) is 38.1. The summed E-state index contributed by atoms with van der Waals surface area (Å²) >= 11 is 0. The Labute approximate surface area is 405 Å². The maximum absolute atomic E-state index is 12.8. The van der Waals surface area contributed by atoms with Crippen LogP contribution in [0.4, 0.5) is 0 Å². The first-order valence-electron chi connectivity index (χ1n) is 29.2. The first-order chi connectivity index (χ1) is 32.0. The smallest absolute Gasteiger partial charge is 0.306 e. The van der Waals surface area contributed by atoms with Gasteiger partial charge in [-0.3, -0.25) is 14.4 Å². The van der Waals surface area contributed by atoms with Gasteiger partial charge in [0.1, 0.15) is 13.2 Å². The Kier molecular flexibility index (Phi) is 53.2. The molecule has 0 aliphatic carbocycles. The van der Waals surface area contributed by atoms with Crippen LogP contribution < -0.4 is 0 Å². The molecule has 6 heteroatoms. The third-order valence-corrected chi connectivity index (χ3v) is 13.3. The molecule has 0 amide bonds. The minimum Gasteiger partial charge on any atom is -0.462 e. The van der Waals surface area contributed by atoms with Crippen molar-refractivity contribution in [3.63, 3.8) is 0 Å². The van der Waals surface area contributed by atoms with E-state index >= 15 is 0 Å². The second kappa shape index (κ2) is 54.8. The van der Waals surface area contributed by atoms with Crippen molar-refractivity contribution < 1.29 is 28.6 Å². The van der Waals surface area contributed by atoms with E-state index in [0.717, 1.165) is 57.8 Å². The predicted octanol–water partition coefficient (Wildman–Crippen LogP) is 19.3. The van der Waals surface area contributed by atoms with Crippen LogP contribution in [-0.2, 0) is 28.6 Å². The molecule has 0 aromatic heterocycles. The van der Waals surface area contributed by atoms with Crippen molar-refractivity contribution >= 4 is 17.9 Å². The molecular weight excluding hydrogens is 805 g/mol. The molecule has 0 fully saturated rings. The maximum Gasteiger partial charge on any atom is 0.306 e. The lowest BCUT2D eigenvalue weighted by atomic mass is 10.0. The Balaban J connectivity index is 4.29. The highest BCUT2D eigenvalue weighted by molar-refractivity contribution is 5.71. The van der Waals surface area contributed by atoms with Gasteiger partial charge >= 0.3 is 17.9 Å². The third-order valence-electron chi connectivity index (χ3n) is 13.3. The quantitative estimate of drug-likeness (QED) is 0.0262. The number of carbonyl (C=O) groups excluding carboxylic acids is 3. The fourth-order valence-electron chi connectivity index (χ4n) is 8.85. The molecule has 0 radical (unpaired) electrons. The molecule has 0 spiro atoms. The van der Waals surface area contributed by atoms with Gasteiger partial charge in [0.2, 0.25) is 0 Å². The second-order valence-electron chi connectivity index (χ2n) is 19.9. The van der Waals surface area contributed by atoms with E-state index in [1.165, 1.54) is 231 Å². The van der Waals surface area contributed by atoms with Crippen LogP contribution in [0.15, 0.2) is 12.2 Å². The molecule has 0 N–H and O–H groups in total. The number of unbranched alkanes of at least 4 members (excludes halogenated alkanes) is 41. The second-order valence-corrected chi connectivity index (χ2v) is 19.9. The lowest BCUT2D eigenvalue weighted by molar-refractivity contribution is -0.167. The van der Waals surface area contributed by atoms with Crippen LogP contribution in [0.3, 0.4) is 0 Å². The summed E-state index contributed by atoms with van der Waals surface area (Å²) in [5.74, 6) is -0.842. The third kappa shape index (κ3) is 53.0. The van der Waals surface area contributed by atoms with Gasteiger partial charge in [-0.05, 0) is 44.9 Å². The van der Waals surface area contributed by atoms with E-state index in [9.17, 15) is 14.4 Å². The molecule has 1 atom stereocenters. The topological polar surface area (TPSA) is 78.9 Å². The number of ether oxygens (including phenoxy) is 3. The number of hydrogen-bond acceptors (Lipinski definition) is 6. The molecule has 0 aromatic carbocycles. The Morgan fingerprint density at radius 1 is 0.292 bits per heavy atom. The van der Waals surface area contributed by atoms with Crippen molar-refractivity contribution in [1.29, 1.82) is 0 Å². The average Bonchev–Trinajstić information content (AvgIpc) is 3.30. The van der Waals surface area contributed by atoms with Gasteiger partial charge < -0.3 is 14.2 Å². The van der Waals surface area contributed by atoms with Crippen molar-refractivity contribution in [3.05, 3.63) is 12.2 Å². The minimum atomic E-state index is -0.764. The fourth-order valence-corrected chi connectivity index (χ4v) is 8.85. The Morgan fingerprint density at radius 3 is 0.769 bits per heavy atom. The summed E-state index contributed by atoms with van der Waals surface area (Å²) in [6, 6.07) is 0. The van der Waals surface area contributed by atoms with Crippen LogP contribution in [0.1, 0.15) is 329 Å².